The summed E-state index contributed by atoms with van der Waals surface area (Å²) in [6, 6.07) is 20.6. The van der Waals surface area contributed by atoms with Crippen molar-refractivity contribution >= 4 is 16.7 Å². The summed E-state index contributed by atoms with van der Waals surface area (Å²) in [5, 5.41) is 20.0. The summed E-state index contributed by atoms with van der Waals surface area (Å²) in [7, 11) is 1.65. The molecule has 0 saturated carbocycles. The van der Waals surface area contributed by atoms with Gasteiger partial charge >= 0.3 is 5.97 Å². The molecule has 0 radical (unpaired) electrons. The van der Waals surface area contributed by atoms with Gasteiger partial charge < -0.3 is 20.7 Å². The number of aliphatic hydroxyl groups is 1. The minimum Gasteiger partial charge on any atom is -0.497 e. The van der Waals surface area contributed by atoms with Crippen molar-refractivity contribution in [2.45, 2.75) is 19.1 Å². The van der Waals surface area contributed by atoms with Crippen LogP contribution in [0.5, 0.6) is 5.75 Å². The van der Waals surface area contributed by atoms with Crippen LogP contribution in [0.25, 0.3) is 10.8 Å². The molecule has 0 aliphatic heterocycles. The van der Waals surface area contributed by atoms with Crippen molar-refractivity contribution in [3.05, 3.63) is 77.9 Å². The molecule has 26 heavy (non-hydrogen) atoms. The predicted octanol–water partition coefficient (Wildman–Crippen LogP) is 3.67. The summed E-state index contributed by atoms with van der Waals surface area (Å²) in [6.07, 6.45) is -1.45. The molecule has 5 nitrogen and oxygen atoms in total. The molecule has 2 atom stereocenters. The molecule has 0 amide bonds. The molecule has 0 aromatic heterocycles. The van der Waals surface area contributed by atoms with E-state index in [-0.39, 0.29) is 6.04 Å². The second-order valence-corrected chi connectivity index (χ2v) is 5.91. The highest BCUT2D eigenvalue weighted by molar-refractivity contribution is 5.84. The van der Waals surface area contributed by atoms with Crippen molar-refractivity contribution in [1.29, 1.82) is 0 Å². The Morgan fingerprint density at radius 3 is 2.27 bits per heavy atom. The Labute approximate surface area is 152 Å². The first-order valence-electron chi connectivity index (χ1n) is 8.21. The molecule has 0 aliphatic carbocycles. The Morgan fingerprint density at radius 2 is 1.65 bits per heavy atom. The van der Waals surface area contributed by atoms with Gasteiger partial charge in [-0.05, 0) is 47.0 Å². The number of carboxylic acids is 1. The van der Waals surface area contributed by atoms with Crippen molar-refractivity contribution in [3.63, 3.8) is 0 Å². The Balaban J connectivity index is 0.000000197. The van der Waals surface area contributed by atoms with Crippen LogP contribution < -0.4 is 10.5 Å². The van der Waals surface area contributed by atoms with Crippen LogP contribution in [0.15, 0.2) is 66.7 Å². The lowest BCUT2D eigenvalue weighted by atomic mass is 10.0. The van der Waals surface area contributed by atoms with Gasteiger partial charge in [0.2, 0.25) is 0 Å². The van der Waals surface area contributed by atoms with Crippen molar-refractivity contribution in [2.75, 3.05) is 7.11 Å². The first kappa shape index (κ1) is 19.4. The number of aliphatic hydroxyl groups excluding tert-OH is 1. The number of rotatable bonds is 4. The number of hydrogen-bond acceptors (Lipinski definition) is 4. The number of carbonyl (C=O) groups is 1. The van der Waals surface area contributed by atoms with Gasteiger partial charge in [-0.1, -0.05) is 48.5 Å². The third kappa shape index (κ3) is 5.05. The fourth-order valence-corrected chi connectivity index (χ4v) is 2.45. The summed E-state index contributed by atoms with van der Waals surface area (Å²) >= 11 is 0. The van der Waals surface area contributed by atoms with Crippen molar-refractivity contribution in [3.8, 4) is 5.75 Å². The van der Waals surface area contributed by atoms with E-state index in [1.807, 2.05) is 55.5 Å². The van der Waals surface area contributed by atoms with Crippen LogP contribution in [0.2, 0.25) is 0 Å². The minimum atomic E-state index is -1.45. The number of nitrogens with two attached hydrogens (primary N) is 1. The van der Waals surface area contributed by atoms with Gasteiger partial charge in [0.15, 0.2) is 6.10 Å². The van der Waals surface area contributed by atoms with Gasteiger partial charge in [0.1, 0.15) is 5.75 Å². The van der Waals surface area contributed by atoms with Crippen molar-refractivity contribution < 1.29 is 19.7 Å². The topological polar surface area (TPSA) is 92.8 Å². The molecule has 0 aliphatic rings. The van der Waals surface area contributed by atoms with E-state index in [1.54, 1.807) is 25.3 Å². The van der Waals surface area contributed by atoms with Gasteiger partial charge in [-0.2, -0.15) is 0 Å². The molecule has 0 saturated heterocycles. The van der Waals surface area contributed by atoms with E-state index in [0.29, 0.717) is 5.56 Å². The SMILES string of the molecule is COc1cccc([C@H](C)N)c1.O=C(O)[C@@H](O)c1ccc2ccccc2c1. The Hall–Kier alpha value is -2.89. The molecule has 5 heteroatoms. The van der Waals surface area contributed by atoms with Crippen molar-refractivity contribution in [1.82, 2.24) is 0 Å². The molecule has 0 heterocycles. The maximum Gasteiger partial charge on any atom is 0.337 e. The molecular formula is C21H23NO4. The number of ether oxygens (including phenoxy) is 1. The zero-order chi connectivity index (χ0) is 19.1. The normalized spacial score (nSPS) is 12.6. The number of benzene rings is 3. The number of carboxylic acid groups (broad SMARTS) is 1. The standard InChI is InChI=1S/C12H10O3.C9H13NO/c13-11(12(14)15)10-6-5-8-3-1-2-4-9(8)7-10;1-7(10)8-4-3-5-9(6-8)11-2/h1-7,11,13H,(H,14,15);3-7H,10H2,1-2H3/t11-;7-/m00/s1. The first-order valence-corrected chi connectivity index (χ1v) is 8.21. The average molecular weight is 353 g/mol. The number of fused-ring (bicyclic) bond motifs is 1. The lowest BCUT2D eigenvalue weighted by molar-refractivity contribution is -0.146. The van der Waals surface area contributed by atoms with Gasteiger partial charge in [-0.25, -0.2) is 4.79 Å². The molecule has 4 N–H and O–H groups in total. The van der Waals surface area contributed by atoms with Gasteiger partial charge in [-0.3, -0.25) is 0 Å². The fraction of sp³-hybridized carbons (Fsp3) is 0.190. The Kier molecular flexibility index (Phi) is 6.72. The van der Waals surface area contributed by atoms with Crippen LogP contribution in [0.1, 0.15) is 30.2 Å². The van der Waals surface area contributed by atoms with Gasteiger partial charge in [0, 0.05) is 6.04 Å². The van der Waals surface area contributed by atoms with Gasteiger partial charge in [-0.15, -0.1) is 0 Å². The van der Waals surface area contributed by atoms with Gasteiger partial charge in [0.25, 0.3) is 0 Å². The maximum atomic E-state index is 10.6. The number of methoxy groups -OCH3 is 1. The largest absolute Gasteiger partial charge is 0.497 e. The monoisotopic (exact) mass is 353 g/mol. The molecule has 136 valence electrons. The second kappa shape index (κ2) is 8.99. The van der Waals surface area contributed by atoms with Crippen LogP contribution in [-0.4, -0.2) is 23.3 Å². The molecule has 0 fully saturated rings. The molecule has 3 aromatic rings. The first-order chi connectivity index (χ1) is 12.4. The van der Waals surface area contributed by atoms with Crippen LogP contribution in [0.4, 0.5) is 0 Å². The average Bonchev–Trinajstić information content (AvgIpc) is 2.67. The summed E-state index contributed by atoms with van der Waals surface area (Å²) < 4.78 is 5.05. The number of hydrogen-bond donors (Lipinski definition) is 3. The molecular weight excluding hydrogens is 330 g/mol. The number of aliphatic carboxylic acids is 1. The summed E-state index contributed by atoms with van der Waals surface area (Å²) in [5.41, 5.74) is 7.19. The zero-order valence-electron chi connectivity index (χ0n) is 14.8. The summed E-state index contributed by atoms with van der Waals surface area (Å²) in [6.45, 7) is 1.95. The molecule has 3 rings (SSSR count). The van der Waals surface area contributed by atoms with E-state index in [2.05, 4.69) is 0 Å². The third-order valence-electron chi connectivity index (χ3n) is 3.94. The highest BCUT2D eigenvalue weighted by atomic mass is 16.5. The molecule has 0 unspecified atom stereocenters. The van der Waals surface area contributed by atoms with Crippen LogP contribution in [-0.2, 0) is 4.79 Å². The van der Waals surface area contributed by atoms with E-state index in [0.717, 1.165) is 22.1 Å². The summed E-state index contributed by atoms with van der Waals surface area (Å²) in [5.74, 6) is -0.370. The maximum absolute atomic E-state index is 10.6. The van der Waals surface area contributed by atoms with E-state index in [1.165, 1.54) is 0 Å². The van der Waals surface area contributed by atoms with Gasteiger partial charge in [0.05, 0.1) is 7.11 Å². The second-order valence-electron chi connectivity index (χ2n) is 5.91. The summed E-state index contributed by atoms with van der Waals surface area (Å²) in [4.78, 5) is 10.6. The highest BCUT2D eigenvalue weighted by Gasteiger charge is 2.15. The fourth-order valence-electron chi connectivity index (χ4n) is 2.45. The van der Waals surface area contributed by atoms with Crippen LogP contribution in [0, 0.1) is 0 Å². The van der Waals surface area contributed by atoms with Crippen LogP contribution >= 0.6 is 0 Å². The van der Waals surface area contributed by atoms with Crippen molar-refractivity contribution in [2.24, 2.45) is 5.73 Å². The van der Waals surface area contributed by atoms with E-state index in [9.17, 15) is 9.90 Å². The zero-order valence-corrected chi connectivity index (χ0v) is 14.8. The van der Waals surface area contributed by atoms with E-state index < -0.39 is 12.1 Å². The molecule has 3 aromatic carbocycles. The smallest absolute Gasteiger partial charge is 0.337 e. The predicted molar refractivity (Wildman–Crippen MR) is 102 cm³/mol. The van der Waals surface area contributed by atoms with Crippen LogP contribution in [0.3, 0.4) is 0 Å². The Bertz CT molecular complexity index is 877. The molecule has 0 bridgehead atoms. The lowest BCUT2D eigenvalue weighted by Gasteiger charge is -2.06. The Morgan fingerprint density at radius 1 is 0.962 bits per heavy atom. The minimum absolute atomic E-state index is 0.0742. The quantitative estimate of drug-likeness (QED) is 0.665. The van der Waals surface area contributed by atoms with E-state index in [4.69, 9.17) is 15.6 Å². The highest BCUT2D eigenvalue weighted by Crippen LogP contribution is 2.20. The lowest BCUT2D eigenvalue weighted by Crippen LogP contribution is -2.10. The molecule has 0 spiro atoms. The van der Waals surface area contributed by atoms with E-state index >= 15 is 0 Å². The third-order valence-corrected chi connectivity index (χ3v) is 3.94.